The lowest BCUT2D eigenvalue weighted by Gasteiger charge is -2.38. The van der Waals surface area contributed by atoms with Gasteiger partial charge in [0.1, 0.15) is 17.8 Å². The molecular weight excluding hydrogens is 306 g/mol. The summed E-state index contributed by atoms with van der Waals surface area (Å²) in [6.45, 7) is 3.00. The number of nitro groups is 1. The van der Waals surface area contributed by atoms with E-state index in [4.69, 9.17) is 16.0 Å². The molecule has 0 aromatic carbocycles. The van der Waals surface area contributed by atoms with Crippen molar-refractivity contribution in [3.8, 4) is 0 Å². The maximum Gasteiger partial charge on any atom is 0.289 e. The van der Waals surface area contributed by atoms with Crippen LogP contribution in [-0.2, 0) is 0 Å². The molecule has 1 aliphatic heterocycles. The fourth-order valence-corrected chi connectivity index (χ4v) is 3.15. The number of piperidine rings is 1. The molecule has 1 fully saturated rings. The summed E-state index contributed by atoms with van der Waals surface area (Å²) in [4.78, 5) is 16.6. The van der Waals surface area contributed by atoms with Gasteiger partial charge in [-0.05, 0) is 30.9 Å². The van der Waals surface area contributed by atoms with Crippen LogP contribution >= 0.6 is 11.6 Å². The minimum atomic E-state index is -0.495. The third kappa shape index (κ3) is 2.78. The molecule has 0 saturated carbocycles. The number of pyridine rings is 1. The highest BCUT2D eigenvalue weighted by molar-refractivity contribution is 6.33. The molecule has 2 aromatic rings. The lowest BCUT2D eigenvalue weighted by Crippen LogP contribution is -2.36. The predicted octanol–water partition coefficient (Wildman–Crippen LogP) is 4.21. The first-order chi connectivity index (χ1) is 10.6. The Morgan fingerprint density at radius 1 is 1.55 bits per heavy atom. The second-order valence-corrected chi connectivity index (χ2v) is 6.02. The highest BCUT2D eigenvalue weighted by atomic mass is 35.5. The number of rotatable bonds is 3. The summed E-state index contributed by atoms with van der Waals surface area (Å²) in [6, 6.07) is 5.19. The van der Waals surface area contributed by atoms with Gasteiger partial charge >= 0.3 is 0 Å². The maximum absolute atomic E-state index is 10.8. The molecule has 22 heavy (non-hydrogen) atoms. The van der Waals surface area contributed by atoms with Crippen molar-refractivity contribution in [1.29, 1.82) is 0 Å². The van der Waals surface area contributed by atoms with Crippen molar-refractivity contribution in [2.45, 2.75) is 25.8 Å². The average molecular weight is 322 g/mol. The molecule has 1 aliphatic rings. The minimum absolute atomic E-state index is 0.0465. The Bertz CT molecular complexity index is 675. The van der Waals surface area contributed by atoms with Crippen molar-refractivity contribution in [3.05, 3.63) is 51.6 Å². The van der Waals surface area contributed by atoms with Crippen LogP contribution in [0.5, 0.6) is 0 Å². The van der Waals surface area contributed by atoms with Crippen LogP contribution in [0.25, 0.3) is 0 Å². The van der Waals surface area contributed by atoms with Gasteiger partial charge in [-0.1, -0.05) is 18.5 Å². The fraction of sp³-hybridized carbons (Fsp3) is 0.400. The molecule has 3 rings (SSSR count). The quantitative estimate of drug-likeness (QED) is 0.625. The van der Waals surface area contributed by atoms with E-state index >= 15 is 0 Å². The van der Waals surface area contributed by atoms with Gasteiger partial charge in [-0.2, -0.15) is 0 Å². The van der Waals surface area contributed by atoms with Gasteiger partial charge in [-0.15, -0.1) is 0 Å². The van der Waals surface area contributed by atoms with Gasteiger partial charge in [-0.3, -0.25) is 10.1 Å². The van der Waals surface area contributed by atoms with Crippen LogP contribution in [0.15, 0.2) is 35.1 Å². The molecular formula is C15H16ClN3O3. The van der Waals surface area contributed by atoms with Gasteiger partial charge in [-0.25, -0.2) is 4.98 Å². The fourth-order valence-electron chi connectivity index (χ4n) is 2.88. The maximum atomic E-state index is 10.8. The van der Waals surface area contributed by atoms with Gasteiger partial charge in [0.05, 0.1) is 22.3 Å². The molecule has 2 atom stereocenters. The van der Waals surface area contributed by atoms with Crippen LogP contribution in [0.4, 0.5) is 11.5 Å². The van der Waals surface area contributed by atoms with E-state index in [9.17, 15) is 10.1 Å². The number of halogens is 1. The number of nitrogens with zero attached hydrogens (tertiary/aromatic N) is 3. The van der Waals surface area contributed by atoms with E-state index in [0.29, 0.717) is 16.8 Å². The Morgan fingerprint density at radius 2 is 2.36 bits per heavy atom. The Kier molecular flexibility index (Phi) is 4.02. The summed E-state index contributed by atoms with van der Waals surface area (Å²) in [5, 5.41) is 11.1. The molecule has 0 bridgehead atoms. The predicted molar refractivity (Wildman–Crippen MR) is 83.1 cm³/mol. The molecule has 6 nitrogen and oxygen atoms in total. The first-order valence-electron chi connectivity index (χ1n) is 7.16. The van der Waals surface area contributed by atoms with Gasteiger partial charge in [0, 0.05) is 12.6 Å². The summed E-state index contributed by atoms with van der Waals surface area (Å²) < 4.78 is 5.55. The lowest BCUT2D eigenvalue weighted by atomic mass is 9.91. The molecule has 0 amide bonds. The number of aromatic nitrogens is 1. The third-order valence-electron chi connectivity index (χ3n) is 4.03. The molecule has 0 spiro atoms. The van der Waals surface area contributed by atoms with Crippen molar-refractivity contribution in [3.63, 3.8) is 0 Å². The smallest absolute Gasteiger partial charge is 0.289 e. The Morgan fingerprint density at radius 3 is 3.00 bits per heavy atom. The van der Waals surface area contributed by atoms with E-state index in [2.05, 4.69) is 16.8 Å². The van der Waals surface area contributed by atoms with E-state index in [-0.39, 0.29) is 11.7 Å². The molecule has 1 saturated heterocycles. The topological polar surface area (TPSA) is 72.4 Å². The van der Waals surface area contributed by atoms with Gasteiger partial charge in [0.15, 0.2) is 0 Å². The van der Waals surface area contributed by atoms with Crippen molar-refractivity contribution in [1.82, 2.24) is 4.98 Å². The van der Waals surface area contributed by atoms with Crippen molar-refractivity contribution >= 4 is 23.1 Å². The minimum Gasteiger partial charge on any atom is -0.467 e. The molecule has 3 heterocycles. The molecule has 2 unspecified atom stereocenters. The molecule has 7 heteroatoms. The van der Waals surface area contributed by atoms with E-state index in [0.717, 1.165) is 25.1 Å². The van der Waals surface area contributed by atoms with E-state index in [1.807, 2.05) is 12.1 Å². The highest BCUT2D eigenvalue weighted by Crippen LogP contribution is 2.39. The van der Waals surface area contributed by atoms with Crippen LogP contribution in [0.2, 0.25) is 5.02 Å². The Hall–Kier alpha value is -2.08. The summed E-state index contributed by atoms with van der Waals surface area (Å²) in [7, 11) is 0. The van der Waals surface area contributed by atoms with Crippen molar-refractivity contribution in [2.75, 3.05) is 11.4 Å². The summed E-state index contributed by atoms with van der Waals surface area (Å²) in [5.74, 6) is 2.01. The first kappa shape index (κ1) is 14.8. The zero-order valence-electron chi connectivity index (χ0n) is 12.1. The second-order valence-electron chi connectivity index (χ2n) is 5.61. The number of hydrogen-bond donors (Lipinski definition) is 0. The number of furan rings is 1. The summed E-state index contributed by atoms with van der Waals surface area (Å²) in [5.41, 5.74) is -0.103. The van der Waals surface area contributed by atoms with Gasteiger partial charge in [0.2, 0.25) is 0 Å². The van der Waals surface area contributed by atoms with E-state index in [1.54, 1.807) is 6.26 Å². The molecule has 2 aromatic heterocycles. The average Bonchev–Trinajstić information content (AvgIpc) is 3.01. The monoisotopic (exact) mass is 321 g/mol. The van der Waals surface area contributed by atoms with Crippen LogP contribution in [0.1, 0.15) is 31.6 Å². The molecule has 0 radical (unpaired) electrons. The highest BCUT2D eigenvalue weighted by Gasteiger charge is 2.32. The third-order valence-corrected chi connectivity index (χ3v) is 4.30. The SMILES string of the molecule is CC1CCN(c2ncc([N+](=O)[O-])cc2Cl)C(c2ccco2)C1. The van der Waals surface area contributed by atoms with Gasteiger partial charge in [0.25, 0.3) is 5.69 Å². The standard InChI is InChI=1S/C15H16ClN3O3/c1-10-4-5-18(13(7-10)14-3-2-6-22-14)15-12(16)8-11(9-17-15)19(20)21/h2-3,6,8-10,13H,4-5,7H2,1H3. The van der Waals surface area contributed by atoms with Crippen molar-refractivity contribution in [2.24, 2.45) is 5.92 Å². The van der Waals surface area contributed by atoms with Crippen LogP contribution in [0.3, 0.4) is 0 Å². The van der Waals surface area contributed by atoms with Crippen LogP contribution in [0, 0.1) is 16.0 Å². The largest absolute Gasteiger partial charge is 0.467 e. The molecule has 0 aliphatic carbocycles. The number of hydrogen-bond acceptors (Lipinski definition) is 5. The Labute approximate surface area is 132 Å². The Balaban J connectivity index is 1.96. The van der Waals surface area contributed by atoms with Gasteiger partial charge < -0.3 is 9.32 Å². The lowest BCUT2D eigenvalue weighted by molar-refractivity contribution is -0.385. The van der Waals surface area contributed by atoms with Crippen molar-refractivity contribution < 1.29 is 9.34 Å². The van der Waals surface area contributed by atoms with E-state index < -0.39 is 4.92 Å². The summed E-state index contributed by atoms with van der Waals surface area (Å²) >= 11 is 6.23. The van der Waals surface area contributed by atoms with E-state index in [1.165, 1.54) is 12.3 Å². The molecule has 116 valence electrons. The molecule has 0 N–H and O–H groups in total. The first-order valence-corrected chi connectivity index (χ1v) is 7.54. The summed E-state index contributed by atoms with van der Waals surface area (Å²) in [6.07, 6.45) is 4.85. The van der Waals surface area contributed by atoms with Crippen LogP contribution in [-0.4, -0.2) is 16.5 Å². The second kappa shape index (κ2) is 5.96. The number of anilines is 1. The normalized spacial score (nSPS) is 21.8. The zero-order valence-corrected chi connectivity index (χ0v) is 12.9. The zero-order chi connectivity index (χ0) is 15.7. The van der Waals surface area contributed by atoms with Crippen LogP contribution < -0.4 is 4.90 Å².